The van der Waals surface area contributed by atoms with Crippen LogP contribution < -0.4 is 20.3 Å². The lowest BCUT2D eigenvalue weighted by atomic mass is 9.97. The molecule has 12 nitrogen and oxygen atoms in total. The molecule has 3 heterocycles. The predicted octanol–water partition coefficient (Wildman–Crippen LogP) is 3.83. The molecule has 16 heteroatoms. The second-order valence-corrected chi connectivity index (χ2v) is 11.0. The van der Waals surface area contributed by atoms with Gasteiger partial charge in [0.25, 0.3) is 12.0 Å². The number of phosphoric ester groups is 1. The molecule has 2 aromatic heterocycles. The van der Waals surface area contributed by atoms with Crippen LogP contribution in [0.1, 0.15) is 17.4 Å². The molecule has 218 valence electrons. The lowest BCUT2D eigenvalue weighted by molar-refractivity contribution is -0.192. The van der Waals surface area contributed by atoms with Crippen LogP contribution in [0.3, 0.4) is 0 Å². The third-order valence-electron chi connectivity index (χ3n) is 6.43. The Hall–Kier alpha value is -3.91. The van der Waals surface area contributed by atoms with Crippen molar-refractivity contribution in [3.63, 3.8) is 0 Å². The quantitative estimate of drug-likeness (QED) is 0.242. The van der Waals surface area contributed by atoms with Crippen LogP contribution in [-0.2, 0) is 13.8 Å². The van der Waals surface area contributed by atoms with Gasteiger partial charge in [0.1, 0.15) is 17.6 Å². The molecule has 1 aliphatic heterocycles. The van der Waals surface area contributed by atoms with E-state index < -0.39 is 50.5 Å². The normalized spacial score (nSPS) is 22.9. The van der Waals surface area contributed by atoms with Crippen LogP contribution in [0.4, 0.5) is 19.1 Å². The van der Waals surface area contributed by atoms with Gasteiger partial charge in [-0.05, 0) is 38.1 Å². The number of alkyl halides is 3. The maximum absolute atomic E-state index is 15.4. The molecule has 4 N–H and O–H groups in total. The van der Waals surface area contributed by atoms with Crippen molar-refractivity contribution in [2.75, 3.05) is 12.3 Å². The summed E-state index contributed by atoms with van der Waals surface area (Å²) < 4.78 is 80.9. The summed E-state index contributed by atoms with van der Waals surface area (Å²) in [6.45, 7) is 2.29. The van der Waals surface area contributed by atoms with E-state index in [1.807, 2.05) is 0 Å². The second-order valence-electron chi connectivity index (χ2n) is 9.46. The Morgan fingerprint density at radius 2 is 1.68 bits per heavy atom. The molecule has 0 aliphatic carbocycles. The summed E-state index contributed by atoms with van der Waals surface area (Å²) in [7, 11) is -4.75. The number of halogens is 3. The van der Waals surface area contributed by atoms with Gasteiger partial charge in [-0.1, -0.05) is 35.4 Å². The Balaban J connectivity index is 1.46. The van der Waals surface area contributed by atoms with Crippen LogP contribution in [0.2, 0.25) is 0 Å². The summed E-state index contributed by atoms with van der Waals surface area (Å²) >= 11 is 0. The van der Waals surface area contributed by atoms with E-state index in [-0.39, 0.29) is 28.6 Å². The minimum absolute atomic E-state index is 0.0324. The number of nitrogen functional groups attached to an aromatic ring is 1. The number of ether oxygens (including phenoxy) is 1. The summed E-state index contributed by atoms with van der Waals surface area (Å²) in [6.07, 6.45) is -9.52. The van der Waals surface area contributed by atoms with Gasteiger partial charge in [-0.2, -0.15) is 4.98 Å². The lowest BCUT2D eigenvalue weighted by Crippen LogP contribution is -2.52. The highest BCUT2D eigenvalue weighted by atomic mass is 31.2. The van der Waals surface area contributed by atoms with Gasteiger partial charge < -0.3 is 24.6 Å². The molecule has 0 radical (unpaired) electrons. The van der Waals surface area contributed by atoms with E-state index in [0.717, 1.165) is 22.0 Å². The lowest BCUT2D eigenvalue weighted by Gasteiger charge is -2.31. The monoisotopic (exact) mass is 595 g/mol. The van der Waals surface area contributed by atoms with Crippen molar-refractivity contribution in [1.29, 1.82) is 0 Å². The molecule has 0 unspecified atom stereocenters. The van der Waals surface area contributed by atoms with E-state index in [2.05, 4.69) is 15.0 Å². The van der Waals surface area contributed by atoms with E-state index in [0.29, 0.717) is 0 Å². The van der Waals surface area contributed by atoms with Crippen LogP contribution in [0.15, 0.2) is 59.7 Å². The smallest absolute Gasteiger partial charge is 0.395 e. The average Bonchev–Trinajstić information content (AvgIpc) is 3.45. The number of imidazole rings is 1. The minimum atomic E-state index is -4.75. The van der Waals surface area contributed by atoms with Gasteiger partial charge in [-0.15, -0.1) is 0 Å². The first-order chi connectivity index (χ1) is 19.4. The van der Waals surface area contributed by atoms with E-state index >= 15 is 4.39 Å². The first-order valence-corrected chi connectivity index (χ1v) is 13.6. The SMILES string of the molecule is Cc1ccc(OP(=O)(OC[C@@]2(C(F)F)O[C@@H](n3cnc4c(=O)[nH]c(N)nc43)[C@@H](F)[C@@H]2O)Oc2ccc(C)cc2)cc1. The molecule has 0 bridgehead atoms. The van der Waals surface area contributed by atoms with Gasteiger partial charge in [0, 0.05) is 0 Å². The van der Waals surface area contributed by atoms with Crippen LogP contribution in [0.5, 0.6) is 11.5 Å². The molecule has 41 heavy (non-hydrogen) atoms. The first-order valence-electron chi connectivity index (χ1n) is 12.2. The van der Waals surface area contributed by atoms with Crippen molar-refractivity contribution < 1.29 is 41.2 Å². The zero-order valence-corrected chi connectivity index (χ0v) is 22.5. The van der Waals surface area contributed by atoms with Gasteiger partial charge in [0.2, 0.25) is 5.95 Å². The number of aromatic amines is 1. The third kappa shape index (κ3) is 5.53. The maximum atomic E-state index is 15.4. The number of fused-ring (bicyclic) bond motifs is 1. The van der Waals surface area contributed by atoms with Crippen molar-refractivity contribution in [2.24, 2.45) is 0 Å². The van der Waals surface area contributed by atoms with Crippen molar-refractivity contribution in [2.45, 2.75) is 44.4 Å². The fourth-order valence-corrected chi connectivity index (χ4v) is 5.46. The fraction of sp³-hybridized carbons (Fsp3) is 0.320. The number of hydrogen-bond acceptors (Lipinski definition) is 10. The predicted molar refractivity (Wildman–Crippen MR) is 139 cm³/mol. The molecule has 0 saturated carbocycles. The number of aliphatic hydroxyl groups excluding tert-OH is 1. The highest BCUT2D eigenvalue weighted by Crippen LogP contribution is 2.52. The Kier molecular flexibility index (Phi) is 7.55. The molecule has 4 aromatic rings. The number of nitrogens with zero attached hydrogens (tertiary/aromatic N) is 3. The number of phosphoric acid groups is 1. The molecule has 4 atom stereocenters. The summed E-state index contributed by atoms with van der Waals surface area (Å²) in [6, 6.07) is 12.5. The van der Waals surface area contributed by atoms with E-state index in [9.17, 15) is 23.2 Å². The Labute approximate surface area is 230 Å². The van der Waals surface area contributed by atoms with Crippen molar-refractivity contribution in [3.8, 4) is 11.5 Å². The summed E-state index contributed by atoms with van der Waals surface area (Å²) in [5.74, 6) is -0.279. The Morgan fingerprint density at radius 3 is 2.22 bits per heavy atom. The number of anilines is 1. The number of aryl methyl sites for hydroxylation is 2. The van der Waals surface area contributed by atoms with Crippen molar-refractivity contribution in [3.05, 3.63) is 76.3 Å². The number of aliphatic hydroxyl groups is 1. The topological polar surface area (TPSA) is 164 Å². The van der Waals surface area contributed by atoms with Gasteiger partial charge in [0.05, 0.1) is 12.9 Å². The Morgan fingerprint density at radius 1 is 1.12 bits per heavy atom. The molecule has 1 fully saturated rings. The van der Waals surface area contributed by atoms with Crippen LogP contribution in [-0.4, -0.2) is 55.5 Å². The summed E-state index contributed by atoms with van der Waals surface area (Å²) in [4.78, 5) is 22.0. The van der Waals surface area contributed by atoms with Crippen LogP contribution in [0.25, 0.3) is 11.2 Å². The number of H-pyrrole nitrogens is 1. The molecular formula is C25H25F3N5O7P. The molecule has 5 rings (SSSR count). The number of nitrogens with one attached hydrogen (secondary N) is 1. The standard InChI is InChI=1S/C25H25F3N5O7P/c1-13-3-7-15(8-4-13)39-41(36,40-16-9-5-14(2)6-10-16)37-11-25(23(27)28)19(34)17(26)22(38-25)33-12-30-18-20(33)31-24(29)32-21(18)35/h3-10,12,17,19,22-23,34H,11H2,1-2H3,(H3,29,31,32,35)/t17-,19-,22+,25+/m0/s1. The zero-order chi connectivity index (χ0) is 29.5. The van der Waals surface area contributed by atoms with E-state index in [1.54, 1.807) is 38.1 Å². The summed E-state index contributed by atoms with van der Waals surface area (Å²) in [5, 5.41) is 10.7. The van der Waals surface area contributed by atoms with Crippen LogP contribution >= 0.6 is 7.82 Å². The number of hydrogen-bond donors (Lipinski definition) is 3. The van der Waals surface area contributed by atoms with Crippen LogP contribution in [0, 0.1) is 13.8 Å². The number of aromatic nitrogens is 4. The third-order valence-corrected chi connectivity index (χ3v) is 7.75. The second kappa shape index (κ2) is 10.8. The molecule has 1 aliphatic rings. The van der Waals surface area contributed by atoms with Gasteiger partial charge in [-0.25, -0.2) is 22.7 Å². The zero-order valence-electron chi connectivity index (χ0n) is 21.6. The molecule has 0 amide bonds. The molecule has 2 aromatic carbocycles. The number of benzene rings is 2. The first kappa shape index (κ1) is 28.6. The van der Waals surface area contributed by atoms with E-state index in [1.165, 1.54) is 24.3 Å². The average molecular weight is 595 g/mol. The highest BCUT2D eigenvalue weighted by molar-refractivity contribution is 7.49. The van der Waals surface area contributed by atoms with E-state index in [4.69, 9.17) is 24.0 Å². The molecule has 1 saturated heterocycles. The van der Waals surface area contributed by atoms with Crippen molar-refractivity contribution in [1.82, 2.24) is 19.5 Å². The van der Waals surface area contributed by atoms with Gasteiger partial charge >= 0.3 is 7.82 Å². The maximum Gasteiger partial charge on any atom is 0.587 e. The Bertz CT molecular complexity index is 1600. The van der Waals surface area contributed by atoms with Gasteiger partial charge in [0.15, 0.2) is 29.2 Å². The number of rotatable bonds is 9. The highest BCUT2D eigenvalue weighted by Gasteiger charge is 2.62. The molecule has 0 spiro atoms. The number of nitrogens with two attached hydrogens (primary N) is 1. The largest absolute Gasteiger partial charge is 0.587 e. The summed E-state index contributed by atoms with van der Waals surface area (Å²) in [5.41, 5.74) is 2.94. The minimum Gasteiger partial charge on any atom is -0.395 e. The van der Waals surface area contributed by atoms with Crippen molar-refractivity contribution >= 4 is 24.9 Å². The fourth-order valence-electron chi connectivity index (χ4n) is 4.20. The molecular weight excluding hydrogens is 570 g/mol. The van der Waals surface area contributed by atoms with Gasteiger partial charge in [-0.3, -0.25) is 18.9 Å².